The Morgan fingerprint density at radius 1 is 1.47 bits per heavy atom. The Kier molecular flexibility index (Phi) is 3.94. The quantitative estimate of drug-likeness (QED) is 0.840. The van der Waals surface area contributed by atoms with Gasteiger partial charge in [0.05, 0.1) is 0 Å². The molecule has 1 saturated carbocycles. The molecule has 0 radical (unpaired) electrons. The highest BCUT2D eigenvalue weighted by Crippen LogP contribution is 2.38. The second-order valence-corrected chi connectivity index (χ2v) is 3.99. The highest BCUT2D eigenvalue weighted by molar-refractivity contribution is 5.85. The van der Waals surface area contributed by atoms with Crippen molar-refractivity contribution in [3.05, 3.63) is 29.6 Å². The van der Waals surface area contributed by atoms with Crippen LogP contribution in [-0.4, -0.2) is 5.11 Å². The number of halogens is 2. The Hall–Kier alpha value is -0.800. The Labute approximate surface area is 94.7 Å². The zero-order chi connectivity index (χ0) is 10.1. The first-order valence-electron chi connectivity index (χ1n) is 4.91. The number of benzene rings is 1. The van der Waals surface area contributed by atoms with Gasteiger partial charge in [0.1, 0.15) is 11.6 Å². The van der Waals surface area contributed by atoms with Crippen molar-refractivity contribution in [2.45, 2.75) is 25.3 Å². The van der Waals surface area contributed by atoms with Gasteiger partial charge in [-0.15, -0.1) is 12.4 Å². The normalized spacial score (nSPS) is 16.9. The Balaban J connectivity index is 0.00000112. The fourth-order valence-electron chi connectivity index (χ4n) is 1.66. The Morgan fingerprint density at radius 3 is 2.73 bits per heavy atom. The Morgan fingerprint density at radius 2 is 2.13 bits per heavy atom. The van der Waals surface area contributed by atoms with E-state index in [2.05, 4.69) is 0 Å². The summed E-state index contributed by atoms with van der Waals surface area (Å²) >= 11 is 0. The topological polar surface area (TPSA) is 46.2 Å². The van der Waals surface area contributed by atoms with Gasteiger partial charge in [-0.3, -0.25) is 0 Å². The van der Waals surface area contributed by atoms with Crippen LogP contribution in [0.15, 0.2) is 18.2 Å². The van der Waals surface area contributed by atoms with Gasteiger partial charge in [0, 0.05) is 11.6 Å². The molecule has 1 atom stereocenters. The number of rotatable bonds is 3. The largest absolute Gasteiger partial charge is 0.508 e. The van der Waals surface area contributed by atoms with Crippen molar-refractivity contribution in [2.75, 3.05) is 0 Å². The van der Waals surface area contributed by atoms with Crippen molar-refractivity contribution in [1.29, 1.82) is 0 Å². The molecule has 1 aliphatic carbocycles. The molecule has 0 amide bonds. The highest BCUT2D eigenvalue weighted by atomic mass is 35.5. The van der Waals surface area contributed by atoms with Gasteiger partial charge in [-0.1, -0.05) is 12.8 Å². The molecule has 0 bridgehead atoms. The van der Waals surface area contributed by atoms with Crippen LogP contribution in [0, 0.1) is 11.7 Å². The number of phenols is 1. The molecule has 0 aliphatic heterocycles. The van der Waals surface area contributed by atoms with Crippen molar-refractivity contribution in [1.82, 2.24) is 0 Å². The van der Waals surface area contributed by atoms with E-state index in [1.165, 1.54) is 31.0 Å². The summed E-state index contributed by atoms with van der Waals surface area (Å²) in [6, 6.07) is 3.68. The summed E-state index contributed by atoms with van der Waals surface area (Å²) < 4.78 is 12.9. The number of aromatic hydroxyl groups is 1. The average molecular weight is 232 g/mol. The standard InChI is InChI=1S/C11H14FNO.ClH/c12-8-3-4-11(14)9(6-8)10(13)5-7-1-2-7;/h3-4,6-7,10,14H,1-2,5,13H2;1H/t10-;/m1./s1. The number of phenolic OH excluding ortho intramolecular Hbond substituents is 1. The maximum atomic E-state index is 12.9. The van der Waals surface area contributed by atoms with Crippen molar-refractivity contribution >= 4 is 12.4 Å². The molecule has 0 unspecified atom stereocenters. The molecule has 0 aromatic heterocycles. The summed E-state index contributed by atoms with van der Waals surface area (Å²) in [6.45, 7) is 0. The van der Waals surface area contributed by atoms with Crippen molar-refractivity contribution in [2.24, 2.45) is 11.7 Å². The van der Waals surface area contributed by atoms with Crippen LogP contribution < -0.4 is 5.73 Å². The molecular weight excluding hydrogens is 217 g/mol. The molecule has 84 valence electrons. The van der Waals surface area contributed by atoms with Crippen molar-refractivity contribution < 1.29 is 9.50 Å². The van der Waals surface area contributed by atoms with Gasteiger partial charge in [-0.2, -0.15) is 0 Å². The average Bonchev–Trinajstić information content (AvgIpc) is 2.93. The van der Waals surface area contributed by atoms with Crippen molar-refractivity contribution in [3.63, 3.8) is 0 Å². The van der Waals surface area contributed by atoms with E-state index in [1.54, 1.807) is 0 Å². The summed E-state index contributed by atoms with van der Waals surface area (Å²) in [5.41, 5.74) is 6.40. The maximum absolute atomic E-state index is 12.9. The van der Waals surface area contributed by atoms with E-state index in [-0.39, 0.29) is 30.0 Å². The predicted octanol–water partition coefficient (Wildman–Crippen LogP) is 2.75. The van der Waals surface area contributed by atoms with Gasteiger partial charge in [0.25, 0.3) is 0 Å². The third-order valence-electron chi connectivity index (χ3n) is 2.67. The fourth-order valence-corrected chi connectivity index (χ4v) is 1.66. The Bertz CT molecular complexity index is 341. The summed E-state index contributed by atoms with van der Waals surface area (Å²) in [6.07, 6.45) is 3.27. The SMILES string of the molecule is Cl.N[C@H](CC1CC1)c1cc(F)ccc1O. The van der Waals surface area contributed by atoms with Gasteiger partial charge in [0.2, 0.25) is 0 Å². The van der Waals surface area contributed by atoms with Gasteiger partial charge in [-0.25, -0.2) is 4.39 Å². The minimum atomic E-state index is -0.343. The lowest BCUT2D eigenvalue weighted by Crippen LogP contribution is -2.11. The van der Waals surface area contributed by atoms with Gasteiger partial charge < -0.3 is 10.8 Å². The minimum Gasteiger partial charge on any atom is -0.508 e. The molecule has 1 aliphatic rings. The van der Waals surface area contributed by atoms with Crippen LogP contribution in [0.4, 0.5) is 4.39 Å². The molecule has 3 N–H and O–H groups in total. The smallest absolute Gasteiger partial charge is 0.123 e. The first kappa shape index (κ1) is 12.3. The third-order valence-corrected chi connectivity index (χ3v) is 2.67. The molecule has 1 fully saturated rings. The van der Waals surface area contributed by atoms with Crippen LogP contribution in [0.5, 0.6) is 5.75 Å². The summed E-state index contributed by atoms with van der Waals surface area (Å²) in [4.78, 5) is 0. The van der Waals surface area contributed by atoms with Gasteiger partial charge in [0.15, 0.2) is 0 Å². The minimum absolute atomic E-state index is 0. The van der Waals surface area contributed by atoms with Crippen LogP contribution in [0.3, 0.4) is 0 Å². The molecule has 0 heterocycles. The third kappa shape index (κ3) is 3.08. The molecule has 1 aromatic carbocycles. The number of hydrogen-bond acceptors (Lipinski definition) is 2. The fraction of sp³-hybridized carbons (Fsp3) is 0.455. The molecule has 0 saturated heterocycles. The summed E-state index contributed by atoms with van der Waals surface area (Å²) in [5, 5.41) is 9.49. The van der Waals surface area contributed by atoms with Crippen molar-refractivity contribution in [3.8, 4) is 5.75 Å². The van der Waals surface area contributed by atoms with E-state index in [9.17, 15) is 9.50 Å². The first-order valence-corrected chi connectivity index (χ1v) is 4.91. The van der Waals surface area contributed by atoms with Gasteiger partial charge in [-0.05, 0) is 30.5 Å². The predicted molar refractivity (Wildman–Crippen MR) is 59.6 cm³/mol. The summed E-state index contributed by atoms with van der Waals surface area (Å²) in [7, 11) is 0. The molecule has 2 nitrogen and oxygen atoms in total. The molecular formula is C11H15ClFNO. The molecule has 4 heteroatoms. The van der Waals surface area contributed by atoms with Crippen LogP contribution >= 0.6 is 12.4 Å². The molecule has 0 spiro atoms. The van der Waals surface area contributed by atoms with Crippen LogP contribution in [0.25, 0.3) is 0 Å². The second kappa shape index (κ2) is 4.81. The summed E-state index contributed by atoms with van der Waals surface area (Å²) in [5.74, 6) is 0.427. The first-order chi connectivity index (χ1) is 6.66. The molecule has 1 aromatic rings. The zero-order valence-electron chi connectivity index (χ0n) is 8.32. The van der Waals surface area contributed by atoms with Crippen LogP contribution in [-0.2, 0) is 0 Å². The lowest BCUT2D eigenvalue weighted by atomic mass is 10.0. The van der Waals surface area contributed by atoms with E-state index in [4.69, 9.17) is 5.73 Å². The monoisotopic (exact) mass is 231 g/mol. The van der Waals surface area contributed by atoms with E-state index in [1.807, 2.05) is 0 Å². The van der Waals surface area contributed by atoms with Crippen LogP contribution in [0.1, 0.15) is 30.9 Å². The van der Waals surface area contributed by atoms with E-state index in [0.717, 1.165) is 6.42 Å². The van der Waals surface area contributed by atoms with E-state index < -0.39 is 0 Å². The van der Waals surface area contributed by atoms with Gasteiger partial charge >= 0.3 is 0 Å². The lowest BCUT2D eigenvalue weighted by molar-refractivity contribution is 0.452. The lowest BCUT2D eigenvalue weighted by Gasteiger charge is -2.12. The van der Waals surface area contributed by atoms with E-state index in [0.29, 0.717) is 11.5 Å². The second-order valence-electron chi connectivity index (χ2n) is 3.99. The highest BCUT2D eigenvalue weighted by Gasteiger charge is 2.25. The molecule has 15 heavy (non-hydrogen) atoms. The maximum Gasteiger partial charge on any atom is 0.123 e. The number of hydrogen-bond donors (Lipinski definition) is 2. The van der Waals surface area contributed by atoms with Crippen LogP contribution in [0.2, 0.25) is 0 Å². The molecule has 2 rings (SSSR count). The number of nitrogens with two attached hydrogens (primary N) is 1. The zero-order valence-corrected chi connectivity index (χ0v) is 9.14. The van der Waals surface area contributed by atoms with E-state index >= 15 is 0 Å².